The van der Waals surface area contributed by atoms with Gasteiger partial charge in [-0.15, -0.1) is 30.4 Å². The largest absolute Gasteiger partial charge is 0.370 e. The number of halogens is 1. The second kappa shape index (κ2) is 7.53. The Kier molecular flexibility index (Phi) is 6.34. The number of guanidine groups is 1. The van der Waals surface area contributed by atoms with Gasteiger partial charge in [-0.3, -0.25) is 0 Å². The van der Waals surface area contributed by atoms with E-state index in [4.69, 9.17) is 12.2 Å². The van der Waals surface area contributed by atoms with E-state index in [-0.39, 0.29) is 35.9 Å². The molecule has 0 aromatic heterocycles. The molecule has 1 aromatic rings. The summed E-state index contributed by atoms with van der Waals surface area (Å²) in [5.41, 5.74) is 9.76. The third-order valence-electron chi connectivity index (χ3n) is 3.45. The average Bonchev–Trinajstić information content (AvgIpc) is 2.82. The number of anilines is 1. The maximum absolute atomic E-state index is 5.91. The molecular formula is C16H22IN3. The van der Waals surface area contributed by atoms with Crippen LogP contribution in [0.3, 0.4) is 0 Å². The first-order valence-electron chi connectivity index (χ1n) is 6.78. The zero-order valence-corrected chi connectivity index (χ0v) is 14.3. The van der Waals surface area contributed by atoms with E-state index in [1.807, 2.05) is 19.9 Å². The van der Waals surface area contributed by atoms with Crippen LogP contribution in [0.15, 0.2) is 23.2 Å². The van der Waals surface area contributed by atoms with Gasteiger partial charge in [0.25, 0.3) is 0 Å². The van der Waals surface area contributed by atoms with Crippen molar-refractivity contribution in [3.05, 3.63) is 29.3 Å². The predicted molar refractivity (Wildman–Crippen MR) is 96.6 cm³/mol. The van der Waals surface area contributed by atoms with Gasteiger partial charge in [0.15, 0.2) is 5.96 Å². The smallest absolute Gasteiger partial charge is 0.194 e. The van der Waals surface area contributed by atoms with E-state index in [0.29, 0.717) is 5.96 Å². The Hall–Kier alpha value is -1.22. The molecule has 0 saturated heterocycles. The Morgan fingerprint density at radius 3 is 2.70 bits per heavy atom. The highest BCUT2D eigenvalue weighted by Gasteiger charge is 2.12. The number of hydrogen-bond donors (Lipinski definition) is 2. The Labute approximate surface area is 138 Å². The summed E-state index contributed by atoms with van der Waals surface area (Å²) < 4.78 is 0. The summed E-state index contributed by atoms with van der Waals surface area (Å²) in [5.74, 6) is 3.32. The highest BCUT2D eigenvalue weighted by molar-refractivity contribution is 14.0. The van der Waals surface area contributed by atoms with Gasteiger partial charge in [0, 0.05) is 5.69 Å². The molecule has 1 atom stereocenters. The van der Waals surface area contributed by atoms with Crippen molar-refractivity contribution in [3.63, 3.8) is 0 Å². The Bertz CT molecular complexity index is 529. The molecule has 1 aliphatic rings. The first-order valence-corrected chi connectivity index (χ1v) is 6.78. The minimum Gasteiger partial charge on any atom is -0.370 e. The molecule has 0 radical (unpaired) electrons. The SMILES string of the molecule is C#CC(N=C(N)Nc1ccc2c(c1)CCC2)C(C)C.I. The van der Waals surface area contributed by atoms with Gasteiger partial charge in [0.2, 0.25) is 0 Å². The van der Waals surface area contributed by atoms with Gasteiger partial charge in [0.1, 0.15) is 6.04 Å². The van der Waals surface area contributed by atoms with Crippen LogP contribution in [0.4, 0.5) is 5.69 Å². The number of rotatable bonds is 3. The summed E-state index contributed by atoms with van der Waals surface area (Å²) in [4.78, 5) is 4.33. The van der Waals surface area contributed by atoms with Crippen LogP contribution in [-0.4, -0.2) is 12.0 Å². The molecule has 0 saturated carbocycles. The number of nitrogens with two attached hydrogens (primary N) is 1. The van der Waals surface area contributed by atoms with E-state index < -0.39 is 0 Å². The molecule has 0 aliphatic heterocycles. The lowest BCUT2D eigenvalue weighted by Gasteiger charge is -2.12. The van der Waals surface area contributed by atoms with Crippen molar-refractivity contribution in [1.29, 1.82) is 0 Å². The van der Waals surface area contributed by atoms with Crippen LogP contribution in [0.2, 0.25) is 0 Å². The van der Waals surface area contributed by atoms with E-state index in [2.05, 4.69) is 28.4 Å². The van der Waals surface area contributed by atoms with Gasteiger partial charge in [-0.25, -0.2) is 4.99 Å². The molecule has 3 N–H and O–H groups in total. The van der Waals surface area contributed by atoms with Crippen molar-refractivity contribution in [2.75, 3.05) is 5.32 Å². The third kappa shape index (κ3) is 4.14. The number of nitrogens with one attached hydrogen (secondary N) is 1. The fourth-order valence-electron chi connectivity index (χ4n) is 2.36. The molecule has 1 aliphatic carbocycles. The maximum Gasteiger partial charge on any atom is 0.194 e. The highest BCUT2D eigenvalue weighted by atomic mass is 127. The van der Waals surface area contributed by atoms with E-state index in [0.717, 1.165) is 12.1 Å². The number of nitrogens with zero attached hydrogens (tertiary/aromatic N) is 1. The van der Waals surface area contributed by atoms with Gasteiger partial charge < -0.3 is 11.1 Å². The molecule has 0 spiro atoms. The topological polar surface area (TPSA) is 50.4 Å². The maximum atomic E-state index is 5.91. The van der Waals surface area contributed by atoms with Crippen LogP contribution in [0.5, 0.6) is 0 Å². The van der Waals surface area contributed by atoms with Gasteiger partial charge in [-0.2, -0.15) is 0 Å². The molecule has 1 aromatic carbocycles. The first-order chi connectivity index (χ1) is 9.10. The Balaban J connectivity index is 0.00000200. The molecule has 108 valence electrons. The lowest BCUT2D eigenvalue weighted by molar-refractivity contribution is 0.586. The number of aliphatic imine (C=N–C) groups is 1. The Morgan fingerprint density at radius 2 is 2.05 bits per heavy atom. The van der Waals surface area contributed by atoms with E-state index >= 15 is 0 Å². The Morgan fingerprint density at radius 1 is 1.35 bits per heavy atom. The van der Waals surface area contributed by atoms with Crippen LogP contribution in [0.25, 0.3) is 0 Å². The molecule has 0 amide bonds. The van der Waals surface area contributed by atoms with Crippen LogP contribution in [0.1, 0.15) is 31.4 Å². The highest BCUT2D eigenvalue weighted by Crippen LogP contribution is 2.24. The van der Waals surface area contributed by atoms with Crippen LogP contribution < -0.4 is 11.1 Å². The number of hydrogen-bond acceptors (Lipinski definition) is 1. The summed E-state index contributed by atoms with van der Waals surface area (Å²) in [7, 11) is 0. The van der Waals surface area contributed by atoms with Gasteiger partial charge >= 0.3 is 0 Å². The van der Waals surface area contributed by atoms with Crippen molar-refractivity contribution in [2.45, 2.75) is 39.2 Å². The van der Waals surface area contributed by atoms with Gasteiger partial charge in [-0.05, 0) is 48.4 Å². The average molecular weight is 383 g/mol. The second-order valence-corrected chi connectivity index (χ2v) is 5.33. The van der Waals surface area contributed by atoms with Crippen LogP contribution in [0, 0.1) is 18.3 Å². The lowest BCUT2D eigenvalue weighted by Crippen LogP contribution is -2.26. The van der Waals surface area contributed by atoms with Crippen molar-refractivity contribution >= 4 is 35.6 Å². The molecular weight excluding hydrogens is 361 g/mol. The van der Waals surface area contributed by atoms with Crippen molar-refractivity contribution in [1.82, 2.24) is 0 Å². The molecule has 0 fully saturated rings. The van der Waals surface area contributed by atoms with Gasteiger partial charge in [-0.1, -0.05) is 25.8 Å². The molecule has 3 nitrogen and oxygen atoms in total. The number of terminal acetylenes is 1. The third-order valence-corrected chi connectivity index (χ3v) is 3.45. The summed E-state index contributed by atoms with van der Waals surface area (Å²) in [5, 5.41) is 3.12. The monoisotopic (exact) mass is 383 g/mol. The summed E-state index contributed by atoms with van der Waals surface area (Å²) in [6.45, 7) is 4.08. The summed E-state index contributed by atoms with van der Waals surface area (Å²) in [6, 6.07) is 6.19. The van der Waals surface area contributed by atoms with Gasteiger partial charge in [0.05, 0.1) is 0 Å². The van der Waals surface area contributed by atoms with Crippen LogP contribution in [-0.2, 0) is 12.8 Å². The van der Waals surface area contributed by atoms with E-state index in [1.54, 1.807) is 0 Å². The lowest BCUT2D eigenvalue weighted by atomic mass is 10.1. The molecule has 4 heteroatoms. The van der Waals surface area contributed by atoms with E-state index in [1.165, 1.54) is 24.0 Å². The molecule has 2 rings (SSSR count). The normalized spacial score (nSPS) is 15.2. The van der Waals surface area contributed by atoms with Crippen molar-refractivity contribution in [3.8, 4) is 12.3 Å². The minimum absolute atomic E-state index is 0. The van der Waals surface area contributed by atoms with E-state index in [9.17, 15) is 0 Å². The molecule has 0 heterocycles. The fraction of sp³-hybridized carbons (Fsp3) is 0.438. The minimum atomic E-state index is -0.179. The predicted octanol–water partition coefficient (Wildman–Crippen LogP) is 3.18. The molecule has 20 heavy (non-hydrogen) atoms. The zero-order valence-electron chi connectivity index (χ0n) is 12.0. The number of fused-ring (bicyclic) bond motifs is 1. The van der Waals surface area contributed by atoms with Crippen LogP contribution >= 0.6 is 24.0 Å². The molecule has 0 bridgehead atoms. The number of benzene rings is 1. The standard InChI is InChI=1S/C16H21N3.HI/c1-4-15(11(2)3)19-16(17)18-14-9-8-12-6-5-7-13(12)10-14;/h1,8-11,15H,5-7H2,2-3H3,(H3,17,18,19);1H. The zero-order chi connectivity index (χ0) is 13.8. The summed E-state index contributed by atoms with van der Waals surface area (Å²) >= 11 is 0. The quantitative estimate of drug-likeness (QED) is 0.365. The fourth-order valence-corrected chi connectivity index (χ4v) is 2.36. The van der Waals surface area contributed by atoms with Crippen molar-refractivity contribution < 1.29 is 0 Å². The number of aryl methyl sites for hydroxylation is 2. The molecule has 1 unspecified atom stereocenters. The second-order valence-electron chi connectivity index (χ2n) is 5.33. The van der Waals surface area contributed by atoms with Crippen molar-refractivity contribution in [2.24, 2.45) is 16.6 Å². The first kappa shape index (κ1) is 16.8. The summed E-state index contributed by atoms with van der Waals surface area (Å²) in [6.07, 6.45) is 9.03.